The Bertz CT molecular complexity index is 993. The molecule has 4 rings (SSSR count). The first-order valence-corrected chi connectivity index (χ1v) is 11.4. The first-order valence-electron chi connectivity index (χ1n) is 9.79. The normalized spacial score (nSPS) is 26.6. The molecule has 1 unspecified atom stereocenters. The number of aromatic nitrogens is 3. The first kappa shape index (κ1) is 20.0. The fourth-order valence-corrected chi connectivity index (χ4v) is 5.46. The Hall–Kier alpha value is -2.33. The minimum Gasteiger partial charge on any atom is -0.341 e. The Morgan fingerprint density at radius 3 is 2.79 bits per heavy atom. The number of rotatable bonds is 6. The quantitative estimate of drug-likeness (QED) is 0.736. The Labute approximate surface area is 169 Å². The van der Waals surface area contributed by atoms with Crippen molar-refractivity contribution < 1.29 is 17.7 Å². The van der Waals surface area contributed by atoms with Crippen LogP contribution in [0.5, 0.6) is 0 Å². The second-order valence-corrected chi connectivity index (χ2v) is 10.0. The molecule has 0 spiro atoms. The molecule has 1 aliphatic heterocycles. The molecule has 2 aromatic heterocycles. The zero-order valence-corrected chi connectivity index (χ0v) is 17.4. The number of carbonyl (C=O) groups is 1. The van der Waals surface area contributed by atoms with E-state index in [0.29, 0.717) is 44.1 Å². The van der Waals surface area contributed by atoms with E-state index >= 15 is 0 Å². The lowest BCUT2D eigenvalue weighted by Gasteiger charge is -2.25. The van der Waals surface area contributed by atoms with E-state index in [4.69, 9.17) is 4.52 Å². The summed E-state index contributed by atoms with van der Waals surface area (Å²) >= 11 is 0. The van der Waals surface area contributed by atoms with Crippen LogP contribution < -0.4 is 4.72 Å². The van der Waals surface area contributed by atoms with Crippen molar-refractivity contribution in [1.82, 2.24) is 24.7 Å². The number of nitrogens with zero attached hydrogens (tertiary/aromatic N) is 4. The van der Waals surface area contributed by atoms with E-state index in [0.717, 1.165) is 5.56 Å². The topological polar surface area (TPSA) is 118 Å². The van der Waals surface area contributed by atoms with E-state index < -0.39 is 15.4 Å². The summed E-state index contributed by atoms with van der Waals surface area (Å²) in [5, 5.41) is 3.93. The summed E-state index contributed by atoms with van der Waals surface area (Å²) in [7, 11) is -3.31. The summed E-state index contributed by atoms with van der Waals surface area (Å²) in [5.74, 6) is 1.17. The highest BCUT2D eigenvalue weighted by Crippen LogP contribution is 2.50. The molecule has 29 heavy (non-hydrogen) atoms. The molecule has 1 saturated heterocycles. The molecule has 9 nitrogen and oxygen atoms in total. The molecule has 1 amide bonds. The lowest BCUT2D eigenvalue weighted by molar-refractivity contribution is -0.129. The standard InChI is InChI=1S/C19H25N5O4S/c1-3-29(26,27)23-16-9-15-11-24(17(25)8-14-4-6-20-7-5-14)12-19(15,10-16)18-21-13(2)22-28-18/h4-7,15-16,23H,3,8-12H2,1-2H3/t15?,16-,19+/m1/s1. The maximum Gasteiger partial charge on any atom is 0.235 e. The van der Waals surface area contributed by atoms with Crippen molar-refractivity contribution in [1.29, 1.82) is 0 Å². The molecule has 0 aromatic carbocycles. The van der Waals surface area contributed by atoms with Crippen LogP contribution in [-0.4, -0.2) is 59.2 Å². The lowest BCUT2D eigenvalue weighted by Crippen LogP contribution is -2.40. The summed E-state index contributed by atoms with van der Waals surface area (Å²) < 4.78 is 32.4. The van der Waals surface area contributed by atoms with Crippen LogP contribution >= 0.6 is 0 Å². The van der Waals surface area contributed by atoms with Crippen molar-refractivity contribution in [2.75, 3.05) is 18.8 Å². The third-order valence-electron chi connectivity index (χ3n) is 6.01. The number of hydrogen-bond acceptors (Lipinski definition) is 7. The van der Waals surface area contributed by atoms with Gasteiger partial charge in [0.05, 0.1) is 17.6 Å². The van der Waals surface area contributed by atoms with E-state index in [-0.39, 0.29) is 23.6 Å². The minimum atomic E-state index is -3.31. The van der Waals surface area contributed by atoms with Crippen molar-refractivity contribution in [2.45, 2.75) is 44.6 Å². The van der Waals surface area contributed by atoms with Crippen molar-refractivity contribution in [3.05, 3.63) is 41.8 Å². The van der Waals surface area contributed by atoms with Crippen LogP contribution in [0.1, 0.15) is 37.0 Å². The molecule has 10 heteroatoms. The van der Waals surface area contributed by atoms with Gasteiger partial charge in [-0.25, -0.2) is 13.1 Å². The number of carbonyl (C=O) groups excluding carboxylic acids is 1. The Morgan fingerprint density at radius 1 is 1.38 bits per heavy atom. The average molecular weight is 420 g/mol. The third-order valence-corrected chi connectivity index (χ3v) is 7.46. The highest BCUT2D eigenvalue weighted by Gasteiger charge is 2.58. The van der Waals surface area contributed by atoms with Gasteiger partial charge in [0.1, 0.15) is 0 Å². The van der Waals surface area contributed by atoms with Crippen molar-refractivity contribution in [3.63, 3.8) is 0 Å². The number of hydrogen-bond donors (Lipinski definition) is 1. The molecule has 156 valence electrons. The second kappa shape index (κ2) is 7.49. The van der Waals surface area contributed by atoms with Gasteiger partial charge in [-0.3, -0.25) is 9.78 Å². The van der Waals surface area contributed by atoms with Crippen LogP contribution in [0.15, 0.2) is 29.0 Å². The van der Waals surface area contributed by atoms with Gasteiger partial charge in [0, 0.05) is 31.5 Å². The van der Waals surface area contributed by atoms with Gasteiger partial charge in [0.25, 0.3) is 0 Å². The van der Waals surface area contributed by atoms with Gasteiger partial charge in [-0.05, 0) is 50.3 Å². The van der Waals surface area contributed by atoms with Crippen molar-refractivity contribution >= 4 is 15.9 Å². The van der Waals surface area contributed by atoms with Crippen LogP contribution in [0.3, 0.4) is 0 Å². The van der Waals surface area contributed by atoms with Crippen LogP contribution in [0.4, 0.5) is 0 Å². The number of pyridine rings is 1. The maximum absolute atomic E-state index is 12.9. The van der Waals surface area contributed by atoms with Crippen molar-refractivity contribution in [2.24, 2.45) is 5.92 Å². The zero-order chi connectivity index (χ0) is 20.6. The fourth-order valence-electron chi connectivity index (χ4n) is 4.61. The van der Waals surface area contributed by atoms with Gasteiger partial charge in [-0.2, -0.15) is 4.98 Å². The van der Waals surface area contributed by atoms with Gasteiger partial charge in [0.15, 0.2) is 5.82 Å². The van der Waals surface area contributed by atoms with Gasteiger partial charge in [0.2, 0.25) is 21.8 Å². The van der Waals surface area contributed by atoms with E-state index in [9.17, 15) is 13.2 Å². The number of nitrogens with one attached hydrogen (secondary N) is 1. The van der Waals surface area contributed by atoms with Crippen LogP contribution in [0, 0.1) is 12.8 Å². The van der Waals surface area contributed by atoms with Gasteiger partial charge >= 0.3 is 0 Å². The highest BCUT2D eigenvalue weighted by molar-refractivity contribution is 7.89. The molecule has 3 heterocycles. The van der Waals surface area contributed by atoms with Gasteiger partial charge in [-0.15, -0.1) is 0 Å². The van der Waals surface area contributed by atoms with Gasteiger partial charge < -0.3 is 9.42 Å². The Kier molecular flexibility index (Phi) is 5.16. The first-order chi connectivity index (χ1) is 13.8. The SMILES string of the molecule is CCS(=O)(=O)N[C@@H]1CC2CN(C(=O)Cc3ccncc3)C[C@@]2(c2nc(C)no2)C1. The Balaban J connectivity index is 1.56. The monoisotopic (exact) mass is 419 g/mol. The average Bonchev–Trinajstić information content (AvgIpc) is 3.35. The summed E-state index contributed by atoms with van der Waals surface area (Å²) in [6.45, 7) is 4.38. The highest BCUT2D eigenvalue weighted by atomic mass is 32.2. The Morgan fingerprint density at radius 2 is 2.14 bits per heavy atom. The lowest BCUT2D eigenvalue weighted by atomic mass is 9.80. The molecule has 1 N–H and O–H groups in total. The van der Waals surface area contributed by atoms with E-state index in [2.05, 4.69) is 19.8 Å². The van der Waals surface area contributed by atoms with Gasteiger partial charge in [-0.1, -0.05) is 5.16 Å². The number of amides is 1. The molecule has 2 aliphatic rings. The predicted molar refractivity (Wildman–Crippen MR) is 104 cm³/mol. The molecule has 0 bridgehead atoms. The molecule has 3 atom stereocenters. The minimum absolute atomic E-state index is 0.0342. The molecule has 1 saturated carbocycles. The molecule has 1 aliphatic carbocycles. The number of sulfonamides is 1. The van der Waals surface area contributed by atoms with Crippen molar-refractivity contribution in [3.8, 4) is 0 Å². The predicted octanol–water partition coefficient (Wildman–Crippen LogP) is 0.814. The maximum atomic E-state index is 12.9. The second-order valence-electron chi connectivity index (χ2n) is 7.96. The van der Waals surface area contributed by atoms with Crippen LogP contribution in [-0.2, 0) is 26.7 Å². The van der Waals surface area contributed by atoms with E-state index in [1.165, 1.54) is 0 Å². The number of aryl methyl sites for hydroxylation is 1. The molecular weight excluding hydrogens is 394 g/mol. The summed E-state index contributed by atoms with van der Waals surface area (Å²) in [6, 6.07) is 3.47. The van der Waals surface area contributed by atoms with E-state index in [1.54, 1.807) is 26.2 Å². The third kappa shape index (κ3) is 3.91. The van der Waals surface area contributed by atoms with E-state index in [1.807, 2.05) is 17.0 Å². The number of fused-ring (bicyclic) bond motifs is 1. The summed E-state index contributed by atoms with van der Waals surface area (Å²) in [5.41, 5.74) is 0.397. The molecule has 0 radical (unpaired) electrons. The fraction of sp³-hybridized carbons (Fsp3) is 0.579. The summed E-state index contributed by atoms with van der Waals surface area (Å²) in [4.78, 5) is 23.2. The van der Waals surface area contributed by atoms with Crippen LogP contribution in [0.2, 0.25) is 0 Å². The zero-order valence-electron chi connectivity index (χ0n) is 16.5. The largest absolute Gasteiger partial charge is 0.341 e. The molecular formula is C19H25N5O4S. The molecule has 2 aromatic rings. The van der Waals surface area contributed by atoms with Crippen LogP contribution in [0.25, 0.3) is 0 Å². The summed E-state index contributed by atoms with van der Waals surface area (Å²) in [6.07, 6.45) is 4.83. The smallest absolute Gasteiger partial charge is 0.235 e. The molecule has 2 fully saturated rings. The number of likely N-dealkylation sites (tertiary alicyclic amines) is 1.